The Morgan fingerprint density at radius 3 is 2.53 bits per heavy atom. The van der Waals surface area contributed by atoms with Crippen LogP contribution in [0.5, 0.6) is 5.75 Å². The first-order valence-electron chi connectivity index (χ1n) is 4.52. The van der Waals surface area contributed by atoms with Crippen molar-refractivity contribution in [3.8, 4) is 11.8 Å². The highest BCUT2D eigenvalue weighted by Gasteiger charge is 2.41. The third-order valence-electron chi connectivity index (χ3n) is 1.94. The molecule has 0 spiro atoms. The summed E-state index contributed by atoms with van der Waals surface area (Å²) in [6.07, 6.45) is -6.94. The highest BCUT2D eigenvalue weighted by Crippen LogP contribution is 2.27. The fourth-order valence-electron chi connectivity index (χ4n) is 1.11. The molecule has 1 unspecified atom stereocenters. The molecule has 1 atom stereocenters. The topological polar surface area (TPSA) is 59.0 Å². The van der Waals surface area contributed by atoms with Gasteiger partial charge in [0.25, 0.3) is 0 Å². The zero-order valence-electron chi connectivity index (χ0n) is 8.46. The van der Waals surface area contributed by atoms with Crippen LogP contribution in [0.15, 0.2) is 18.2 Å². The molecule has 0 fully saturated rings. The van der Waals surface area contributed by atoms with Gasteiger partial charge in [-0.15, -0.1) is 0 Å². The molecule has 2 N–H and O–H groups in total. The number of hydrogen-bond acceptors (Lipinski definition) is 3. The third-order valence-corrected chi connectivity index (χ3v) is 1.94. The lowest BCUT2D eigenvalue weighted by atomic mass is 10.2. The molecule has 1 aromatic rings. The van der Waals surface area contributed by atoms with Crippen molar-refractivity contribution in [2.75, 3.05) is 6.54 Å². The van der Waals surface area contributed by atoms with E-state index in [9.17, 15) is 17.6 Å². The van der Waals surface area contributed by atoms with E-state index in [2.05, 4.69) is 4.74 Å². The number of nitrogens with zero attached hydrogens (tertiary/aromatic N) is 1. The van der Waals surface area contributed by atoms with E-state index in [1.807, 2.05) is 0 Å². The van der Waals surface area contributed by atoms with Crippen LogP contribution in [0.3, 0.4) is 0 Å². The molecular formula is C10H8F4N2O. The van der Waals surface area contributed by atoms with Crippen LogP contribution in [0.25, 0.3) is 0 Å². The summed E-state index contributed by atoms with van der Waals surface area (Å²) >= 11 is 0. The van der Waals surface area contributed by atoms with Gasteiger partial charge in [-0.05, 0) is 12.1 Å². The van der Waals surface area contributed by atoms with Crippen molar-refractivity contribution in [3.63, 3.8) is 0 Å². The Kier molecular flexibility index (Phi) is 3.91. The zero-order valence-corrected chi connectivity index (χ0v) is 8.46. The lowest BCUT2D eigenvalue weighted by molar-refractivity contribution is -0.191. The normalized spacial score (nSPS) is 12.9. The van der Waals surface area contributed by atoms with E-state index >= 15 is 0 Å². The molecule has 0 aromatic heterocycles. The Morgan fingerprint density at radius 1 is 1.41 bits per heavy atom. The van der Waals surface area contributed by atoms with Crippen LogP contribution < -0.4 is 10.5 Å². The van der Waals surface area contributed by atoms with E-state index in [4.69, 9.17) is 11.0 Å². The van der Waals surface area contributed by atoms with Gasteiger partial charge in [-0.3, -0.25) is 0 Å². The van der Waals surface area contributed by atoms with Crippen molar-refractivity contribution in [2.24, 2.45) is 5.73 Å². The summed E-state index contributed by atoms with van der Waals surface area (Å²) in [5.74, 6) is -1.41. The van der Waals surface area contributed by atoms with E-state index in [0.717, 1.165) is 18.2 Å². The Morgan fingerprint density at radius 2 is 2.06 bits per heavy atom. The van der Waals surface area contributed by atoms with E-state index in [0.29, 0.717) is 0 Å². The van der Waals surface area contributed by atoms with Gasteiger partial charge in [0.05, 0.1) is 0 Å². The van der Waals surface area contributed by atoms with Crippen LogP contribution in [-0.2, 0) is 0 Å². The van der Waals surface area contributed by atoms with Gasteiger partial charge in [-0.2, -0.15) is 18.4 Å². The molecule has 0 aliphatic heterocycles. The Bertz CT molecular complexity index is 439. The summed E-state index contributed by atoms with van der Waals surface area (Å²) in [6.45, 7) is -0.815. The quantitative estimate of drug-likeness (QED) is 0.832. The number of ether oxygens (including phenoxy) is 1. The SMILES string of the molecule is N#Cc1c(F)cccc1OC(CN)C(F)(F)F. The predicted octanol–water partition coefficient (Wildman–Crippen LogP) is 1.97. The molecule has 0 aliphatic carbocycles. The molecule has 0 heterocycles. The number of hydrogen-bond donors (Lipinski definition) is 1. The first-order chi connectivity index (χ1) is 7.90. The first-order valence-corrected chi connectivity index (χ1v) is 4.52. The molecular weight excluding hydrogens is 240 g/mol. The van der Waals surface area contributed by atoms with Crippen molar-refractivity contribution in [2.45, 2.75) is 12.3 Å². The summed E-state index contributed by atoms with van der Waals surface area (Å²) in [5.41, 5.74) is 4.34. The van der Waals surface area contributed by atoms with Crippen LogP contribution in [0, 0.1) is 17.1 Å². The minimum absolute atomic E-state index is 0.472. The second kappa shape index (κ2) is 5.01. The lowest BCUT2D eigenvalue weighted by Gasteiger charge is -2.20. The first kappa shape index (κ1) is 13.3. The van der Waals surface area contributed by atoms with E-state index < -0.39 is 36.0 Å². The van der Waals surface area contributed by atoms with Crippen LogP contribution >= 0.6 is 0 Å². The molecule has 1 aromatic carbocycles. The number of rotatable bonds is 3. The second-order valence-corrected chi connectivity index (χ2v) is 3.11. The van der Waals surface area contributed by atoms with E-state index in [-0.39, 0.29) is 0 Å². The average Bonchev–Trinajstić information content (AvgIpc) is 2.24. The zero-order chi connectivity index (χ0) is 13.1. The number of nitrogens with two attached hydrogens (primary N) is 1. The van der Waals surface area contributed by atoms with Crippen molar-refractivity contribution in [1.82, 2.24) is 0 Å². The maximum Gasteiger partial charge on any atom is 0.426 e. The fraction of sp³-hybridized carbons (Fsp3) is 0.300. The fourth-order valence-corrected chi connectivity index (χ4v) is 1.11. The Balaban J connectivity index is 3.03. The maximum atomic E-state index is 13.1. The Hall–Kier alpha value is -1.81. The summed E-state index contributed by atoms with van der Waals surface area (Å²) in [4.78, 5) is 0. The number of nitriles is 1. The molecule has 1 rings (SSSR count). The molecule has 0 aliphatic rings. The predicted molar refractivity (Wildman–Crippen MR) is 50.6 cm³/mol. The van der Waals surface area contributed by atoms with Crippen LogP contribution in [0.2, 0.25) is 0 Å². The molecule has 0 radical (unpaired) electrons. The third kappa shape index (κ3) is 3.07. The summed E-state index contributed by atoms with van der Waals surface area (Å²) in [5, 5.41) is 8.61. The summed E-state index contributed by atoms with van der Waals surface area (Å²) < 4.78 is 54.7. The summed E-state index contributed by atoms with van der Waals surface area (Å²) in [7, 11) is 0. The molecule has 7 heteroatoms. The van der Waals surface area contributed by atoms with Gasteiger partial charge < -0.3 is 10.5 Å². The standard InChI is InChI=1S/C10H8F4N2O/c11-7-2-1-3-8(6(7)4-15)17-9(5-16)10(12,13)14/h1-3,9H,5,16H2. The highest BCUT2D eigenvalue weighted by molar-refractivity contribution is 5.43. The molecule has 0 bridgehead atoms. The molecule has 0 saturated heterocycles. The maximum absolute atomic E-state index is 13.1. The minimum Gasteiger partial charge on any atom is -0.478 e. The van der Waals surface area contributed by atoms with Crippen molar-refractivity contribution in [3.05, 3.63) is 29.6 Å². The monoisotopic (exact) mass is 248 g/mol. The second-order valence-electron chi connectivity index (χ2n) is 3.11. The highest BCUT2D eigenvalue weighted by atomic mass is 19.4. The minimum atomic E-state index is -4.67. The summed E-state index contributed by atoms with van der Waals surface area (Å²) in [6, 6.07) is 4.62. The van der Waals surface area contributed by atoms with Gasteiger partial charge in [0, 0.05) is 6.54 Å². The Labute approximate surface area is 94.4 Å². The van der Waals surface area contributed by atoms with Gasteiger partial charge >= 0.3 is 6.18 Å². The number of benzene rings is 1. The van der Waals surface area contributed by atoms with E-state index in [1.165, 1.54) is 6.07 Å². The van der Waals surface area contributed by atoms with Gasteiger partial charge in [0.1, 0.15) is 23.2 Å². The van der Waals surface area contributed by atoms with E-state index in [1.54, 1.807) is 0 Å². The van der Waals surface area contributed by atoms with Crippen LogP contribution in [-0.4, -0.2) is 18.8 Å². The average molecular weight is 248 g/mol. The number of alkyl halides is 3. The molecule has 0 saturated carbocycles. The van der Waals surface area contributed by atoms with Gasteiger partial charge in [0.15, 0.2) is 0 Å². The van der Waals surface area contributed by atoms with Crippen molar-refractivity contribution >= 4 is 0 Å². The van der Waals surface area contributed by atoms with Gasteiger partial charge in [-0.25, -0.2) is 4.39 Å². The lowest BCUT2D eigenvalue weighted by Crippen LogP contribution is -2.40. The number of halogens is 4. The smallest absolute Gasteiger partial charge is 0.426 e. The molecule has 17 heavy (non-hydrogen) atoms. The van der Waals surface area contributed by atoms with Crippen molar-refractivity contribution < 1.29 is 22.3 Å². The van der Waals surface area contributed by atoms with Gasteiger partial charge in [0.2, 0.25) is 6.10 Å². The largest absolute Gasteiger partial charge is 0.478 e. The van der Waals surface area contributed by atoms with Crippen LogP contribution in [0.4, 0.5) is 17.6 Å². The molecule has 3 nitrogen and oxygen atoms in total. The van der Waals surface area contributed by atoms with Crippen LogP contribution in [0.1, 0.15) is 5.56 Å². The van der Waals surface area contributed by atoms with Crippen molar-refractivity contribution in [1.29, 1.82) is 5.26 Å². The molecule has 92 valence electrons. The van der Waals surface area contributed by atoms with Gasteiger partial charge in [-0.1, -0.05) is 6.07 Å². The molecule has 0 amide bonds.